The number of nitrogens with one attached hydrogen (secondary N) is 1. The van der Waals surface area contributed by atoms with Crippen LogP contribution in [0, 0.1) is 5.92 Å². The molecule has 1 saturated carbocycles. The molecule has 4 heteroatoms. The third kappa shape index (κ3) is 3.96. The van der Waals surface area contributed by atoms with Gasteiger partial charge in [0.15, 0.2) is 0 Å². The van der Waals surface area contributed by atoms with E-state index in [-0.39, 0.29) is 18.6 Å². The zero-order chi connectivity index (χ0) is 13.7. The van der Waals surface area contributed by atoms with Crippen LogP contribution in [0.5, 0.6) is 5.75 Å². The van der Waals surface area contributed by atoms with Crippen molar-refractivity contribution in [1.29, 1.82) is 0 Å². The lowest BCUT2D eigenvalue weighted by molar-refractivity contribution is 0.0924. The third-order valence-corrected chi connectivity index (χ3v) is 3.38. The molecule has 1 unspecified atom stereocenters. The van der Waals surface area contributed by atoms with E-state index in [9.17, 15) is 4.79 Å². The van der Waals surface area contributed by atoms with E-state index in [0.29, 0.717) is 24.5 Å². The van der Waals surface area contributed by atoms with Crippen LogP contribution in [0.15, 0.2) is 24.3 Å². The van der Waals surface area contributed by atoms with Crippen LogP contribution in [0.2, 0.25) is 0 Å². The van der Waals surface area contributed by atoms with Crippen LogP contribution in [0.25, 0.3) is 0 Å². The molecule has 0 radical (unpaired) electrons. The van der Waals surface area contributed by atoms with E-state index < -0.39 is 0 Å². The highest BCUT2D eigenvalue weighted by molar-refractivity contribution is 5.94. The number of carbonyl (C=O) groups is 1. The van der Waals surface area contributed by atoms with Gasteiger partial charge in [0.25, 0.3) is 5.91 Å². The minimum absolute atomic E-state index is 0.0756. The Hall–Kier alpha value is -1.55. The predicted molar refractivity (Wildman–Crippen MR) is 73.3 cm³/mol. The van der Waals surface area contributed by atoms with Gasteiger partial charge in [-0.05, 0) is 56.4 Å². The van der Waals surface area contributed by atoms with Crippen molar-refractivity contribution in [3.8, 4) is 5.75 Å². The Balaban J connectivity index is 1.94. The fraction of sp³-hybridized carbons (Fsp3) is 0.533. The molecule has 0 bridgehead atoms. The molecule has 2 N–H and O–H groups in total. The quantitative estimate of drug-likeness (QED) is 0.791. The van der Waals surface area contributed by atoms with Crippen LogP contribution in [-0.4, -0.2) is 30.3 Å². The van der Waals surface area contributed by atoms with Crippen LogP contribution in [-0.2, 0) is 0 Å². The van der Waals surface area contributed by atoms with E-state index >= 15 is 0 Å². The molecule has 1 fully saturated rings. The summed E-state index contributed by atoms with van der Waals surface area (Å²) in [5, 5.41) is 12.0. The summed E-state index contributed by atoms with van der Waals surface area (Å²) in [5.74, 6) is 1.24. The molecule has 0 aliphatic heterocycles. The lowest BCUT2D eigenvalue weighted by Gasteiger charge is -2.17. The van der Waals surface area contributed by atoms with E-state index in [1.54, 1.807) is 24.3 Å². The number of aliphatic hydroxyl groups excluding tert-OH is 1. The topological polar surface area (TPSA) is 58.6 Å². The number of amides is 1. The molecule has 4 nitrogen and oxygen atoms in total. The summed E-state index contributed by atoms with van der Waals surface area (Å²) in [7, 11) is 0. The lowest BCUT2D eigenvalue weighted by atomic mass is 10.1. The largest absolute Gasteiger partial charge is 0.494 e. The Morgan fingerprint density at radius 2 is 2.11 bits per heavy atom. The maximum Gasteiger partial charge on any atom is 0.251 e. The second-order valence-corrected chi connectivity index (χ2v) is 4.89. The van der Waals surface area contributed by atoms with Crippen molar-refractivity contribution >= 4 is 5.91 Å². The van der Waals surface area contributed by atoms with E-state index in [4.69, 9.17) is 9.84 Å². The molecule has 1 aromatic carbocycles. The second-order valence-electron chi connectivity index (χ2n) is 4.89. The van der Waals surface area contributed by atoms with Crippen molar-refractivity contribution in [2.24, 2.45) is 5.92 Å². The molecule has 0 saturated heterocycles. The number of hydrogen-bond donors (Lipinski definition) is 2. The molecular formula is C15H21NO3. The van der Waals surface area contributed by atoms with Crippen LogP contribution >= 0.6 is 0 Å². The van der Waals surface area contributed by atoms with E-state index in [2.05, 4.69) is 5.32 Å². The van der Waals surface area contributed by atoms with Gasteiger partial charge < -0.3 is 15.2 Å². The lowest BCUT2D eigenvalue weighted by Crippen LogP contribution is -2.37. The predicted octanol–water partition coefficient (Wildman–Crippen LogP) is 1.98. The van der Waals surface area contributed by atoms with Gasteiger partial charge in [-0.2, -0.15) is 0 Å². The van der Waals surface area contributed by atoms with Crippen molar-refractivity contribution in [2.75, 3.05) is 13.2 Å². The second kappa shape index (κ2) is 6.57. The first-order valence-corrected chi connectivity index (χ1v) is 6.89. The number of benzene rings is 1. The van der Waals surface area contributed by atoms with Gasteiger partial charge >= 0.3 is 0 Å². The van der Waals surface area contributed by atoms with Crippen LogP contribution in [0.3, 0.4) is 0 Å². The van der Waals surface area contributed by atoms with E-state index in [1.165, 1.54) is 0 Å². The van der Waals surface area contributed by atoms with Crippen LogP contribution in [0.1, 0.15) is 36.5 Å². The van der Waals surface area contributed by atoms with Crippen molar-refractivity contribution < 1.29 is 14.6 Å². The molecule has 1 aromatic rings. The zero-order valence-corrected chi connectivity index (χ0v) is 11.3. The highest BCUT2D eigenvalue weighted by Crippen LogP contribution is 2.34. The van der Waals surface area contributed by atoms with Gasteiger partial charge in [-0.3, -0.25) is 4.79 Å². The Bertz CT molecular complexity index is 412. The van der Waals surface area contributed by atoms with Crippen LogP contribution in [0.4, 0.5) is 0 Å². The minimum Gasteiger partial charge on any atom is -0.494 e. The molecular weight excluding hydrogens is 242 g/mol. The standard InChI is InChI=1S/C15H21NO3/c1-2-19-13-7-5-12(6-8-13)15(18)16-14(9-10-17)11-3-4-11/h5-8,11,14,17H,2-4,9-10H2,1H3,(H,16,18). The summed E-state index contributed by atoms with van der Waals surface area (Å²) >= 11 is 0. The molecule has 1 amide bonds. The summed E-state index contributed by atoms with van der Waals surface area (Å²) in [6.45, 7) is 2.66. The van der Waals surface area contributed by atoms with Gasteiger partial charge in [0, 0.05) is 18.2 Å². The molecule has 1 aliphatic carbocycles. The average Bonchev–Trinajstić information content (AvgIpc) is 3.24. The van der Waals surface area contributed by atoms with Crippen molar-refractivity contribution in [2.45, 2.75) is 32.2 Å². The average molecular weight is 263 g/mol. The number of ether oxygens (including phenoxy) is 1. The van der Waals surface area contributed by atoms with Crippen molar-refractivity contribution in [3.05, 3.63) is 29.8 Å². The van der Waals surface area contributed by atoms with Gasteiger partial charge in [-0.1, -0.05) is 0 Å². The highest BCUT2D eigenvalue weighted by Gasteiger charge is 2.31. The zero-order valence-electron chi connectivity index (χ0n) is 11.3. The van der Waals surface area contributed by atoms with Gasteiger partial charge in [0.2, 0.25) is 0 Å². The molecule has 2 rings (SSSR count). The van der Waals surface area contributed by atoms with Crippen molar-refractivity contribution in [1.82, 2.24) is 5.32 Å². The Labute approximate surface area is 113 Å². The van der Waals surface area contributed by atoms with E-state index in [1.807, 2.05) is 6.92 Å². The number of hydrogen-bond acceptors (Lipinski definition) is 3. The monoisotopic (exact) mass is 263 g/mol. The summed E-state index contributed by atoms with van der Waals surface area (Å²) in [6.07, 6.45) is 2.93. The van der Waals surface area contributed by atoms with Gasteiger partial charge in [0.1, 0.15) is 5.75 Å². The maximum absolute atomic E-state index is 12.1. The van der Waals surface area contributed by atoms with E-state index in [0.717, 1.165) is 18.6 Å². The summed E-state index contributed by atoms with van der Waals surface area (Å²) in [4.78, 5) is 12.1. The molecule has 0 spiro atoms. The summed E-state index contributed by atoms with van der Waals surface area (Å²) in [5.41, 5.74) is 0.632. The SMILES string of the molecule is CCOc1ccc(C(=O)NC(CCO)C2CC2)cc1. The smallest absolute Gasteiger partial charge is 0.251 e. The normalized spacial score (nSPS) is 15.9. The van der Waals surface area contributed by atoms with Gasteiger partial charge in [0.05, 0.1) is 6.61 Å². The summed E-state index contributed by atoms with van der Waals surface area (Å²) < 4.78 is 5.34. The Morgan fingerprint density at radius 3 is 2.63 bits per heavy atom. The number of carbonyl (C=O) groups excluding carboxylic acids is 1. The molecule has 0 heterocycles. The fourth-order valence-electron chi connectivity index (χ4n) is 2.18. The molecule has 19 heavy (non-hydrogen) atoms. The fourth-order valence-corrected chi connectivity index (χ4v) is 2.18. The third-order valence-electron chi connectivity index (χ3n) is 3.38. The van der Waals surface area contributed by atoms with Gasteiger partial charge in [-0.25, -0.2) is 0 Å². The first kappa shape index (κ1) is 13.9. The maximum atomic E-state index is 12.1. The molecule has 104 valence electrons. The number of rotatable bonds is 7. The Morgan fingerprint density at radius 1 is 1.42 bits per heavy atom. The Kier molecular flexibility index (Phi) is 4.80. The highest BCUT2D eigenvalue weighted by atomic mass is 16.5. The van der Waals surface area contributed by atoms with Gasteiger partial charge in [-0.15, -0.1) is 0 Å². The molecule has 1 aliphatic rings. The van der Waals surface area contributed by atoms with Crippen LogP contribution < -0.4 is 10.1 Å². The first-order valence-electron chi connectivity index (χ1n) is 6.89. The molecule has 0 aromatic heterocycles. The first-order chi connectivity index (χ1) is 9.24. The number of aliphatic hydroxyl groups is 1. The minimum atomic E-state index is -0.0756. The van der Waals surface area contributed by atoms with Crippen molar-refractivity contribution in [3.63, 3.8) is 0 Å². The summed E-state index contributed by atoms with van der Waals surface area (Å²) in [6, 6.07) is 7.24. The molecule has 1 atom stereocenters.